The van der Waals surface area contributed by atoms with Crippen molar-refractivity contribution in [3.63, 3.8) is 0 Å². The molecule has 4 nitrogen and oxygen atoms in total. The van der Waals surface area contributed by atoms with Crippen LogP contribution in [0.3, 0.4) is 0 Å². The Morgan fingerprint density at radius 3 is 2.73 bits per heavy atom. The molecule has 1 rings (SSSR count). The first-order valence-electron chi connectivity index (χ1n) is 3.74. The Hall–Kier alpha value is -0.610. The predicted octanol–water partition coefficient (Wildman–Crippen LogP) is 0.349. The van der Waals surface area contributed by atoms with E-state index in [1.165, 1.54) is 0 Å². The van der Waals surface area contributed by atoms with Crippen molar-refractivity contribution in [3.8, 4) is 0 Å². The molecule has 0 aromatic heterocycles. The van der Waals surface area contributed by atoms with Gasteiger partial charge in [-0.2, -0.15) is 0 Å². The molecule has 11 heavy (non-hydrogen) atoms. The average Bonchev–Trinajstić information content (AvgIpc) is 2.31. The van der Waals surface area contributed by atoms with Crippen molar-refractivity contribution < 1.29 is 19.7 Å². The highest BCUT2D eigenvalue weighted by Crippen LogP contribution is 2.20. The minimum Gasteiger partial charge on any atom is -0.481 e. The molecule has 0 amide bonds. The SMILES string of the molecule is O=C(O)CCC1CCC(O)O1. The van der Waals surface area contributed by atoms with Crippen LogP contribution in [-0.2, 0) is 9.53 Å². The number of ether oxygens (including phenoxy) is 1. The molecular weight excluding hydrogens is 148 g/mol. The maximum absolute atomic E-state index is 10.1. The van der Waals surface area contributed by atoms with Crippen molar-refractivity contribution in [3.05, 3.63) is 0 Å². The monoisotopic (exact) mass is 160 g/mol. The quantitative estimate of drug-likeness (QED) is 0.625. The first-order chi connectivity index (χ1) is 5.18. The number of carboxylic acids is 1. The van der Waals surface area contributed by atoms with Crippen LogP contribution >= 0.6 is 0 Å². The van der Waals surface area contributed by atoms with Crippen LogP contribution in [0.4, 0.5) is 0 Å². The number of hydrogen-bond donors (Lipinski definition) is 2. The summed E-state index contributed by atoms with van der Waals surface area (Å²) in [5.41, 5.74) is 0. The van der Waals surface area contributed by atoms with Gasteiger partial charge in [-0.1, -0.05) is 0 Å². The summed E-state index contributed by atoms with van der Waals surface area (Å²) in [5.74, 6) is -0.810. The molecule has 0 aliphatic carbocycles. The summed E-state index contributed by atoms with van der Waals surface area (Å²) in [6, 6.07) is 0. The van der Waals surface area contributed by atoms with Crippen molar-refractivity contribution in [2.45, 2.75) is 38.1 Å². The van der Waals surface area contributed by atoms with Gasteiger partial charge >= 0.3 is 5.97 Å². The van der Waals surface area contributed by atoms with E-state index in [2.05, 4.69) is 0 Å². The average molecular weight is 160 g/mol. The van der Waals surface area contributed by atoms with Crippen molar-refractivity contribution in [1.82, 2.24) is 0 Å². The Balaban J connectivity index is 2.13. The molecule has 2 unspecified atom stereocenters. The first-order valence-corrected chi connectivity index (χ1v) is 3.74. The summed E-state index contributed by atoms with van der Waals surface area (Å²) in [5, 5.41) is 17.2. The van der Waals surface area contributed by atoms with E-state index in [0.717, 1.165) is 6.42 Å². The van der Waals surface area contributed by atoms with Crippen LogP contribution in [0.25, 0.3) is 0 Å². The second kappa shape index (κ2) is 3.69. The van der Waals surface area contributed by atoms with Crippen LogP contribution in [0.5, 0.6) is 0 Å². The van der Waals surface area contributed by atoms with E-state index in [0.29, 0.717) is 12.8 Å². The van der Waals surface area contributed by atoms with Crippen molar-refractivity contribution in [1.29, 1.82) is 0 Å². The van der Waals surface area contributed by atoms with Gasteiger partial charge in [-0.25, -0.2) is 0 Å². The standard InChI is InChI=1S/C7H12O4/c8-6(9)3-1-5-2-4-7(10)11-5/h5,7,10H,1-4H2,(H,8,9). The first kappa shape index (κ1) is 8.49. The van der Waals surface area contributed by atoms with Crippen LogP contribution in [0, 0.1) is 0 Å². The molecule has 64 valence electrons. The van der Waals surface area contributed by atoms with E-state index >= 15 is 0 Å². The second-order valence-electron chi connectivity index (χ2n) is 2.72. The van der Waals surface area contributed by atoms with Crippen molar-refractivity contribution in [2.75, 3.05) is 0 Å². The Bertz CT molecular complexity index is 145. The van der Waals surface area contributed by atoms with E-state index in [4.69, 9.17) is 14.9 Å². The lowest BCUT2D eigenvalue weighted by atomic mass is 10.1. The number of hydrogen-bond acceptors (Lipinski definition) is 3. The van der Waals surface area contributed by atoms with Crippen LogP contribution < -0.4 is 0 Å². The van der Waals surface area contributed by atoms with E-state index in [-0.39, 0.29) is 12.5 Å². The zero-order valence-corrected chi connectivity index (χ0v) is 6.19. The molecule has 4 heteroatoms. The lowest BCUT2D eigenvalue weighted by Crippen LogP contribution is -2.11. The van der Waals surface area contributed by atoms with Gasteiger partial charge in [0, 0.05) is 12.8 Å². The van der Waals surface area contributed by atoms with Gasteiger partial charge in [0.2, 0.25) is 0 Å². The lowest BCUT2D eigenvalue weighted by Gasteiger charge is -2.07. The Labute approximate surface area is 64.8 Å². The highest BCUT2D eigenvalue weighted by molar-refractivity contribution is 5.66. The number of rotatable bonds is 3. The predicted molar refractivity (Wildman–Crippen MR) is 37.0 cm³/mol. The maximum Gasteiger partial charge on any atom is 0.303 e. The molecule has 2 N–H and O–H groups in total. The van der Waals surface area contributed by atoms with Gasteiger partial charge in [0.25, 0.3) is 0 Å². The minimum atomic E-state index is -0.810. The summed E-state index contributed by atoms with van der Waals surface area (Å²) >= 11 is 0. The number of aliphatic hydroxyl groups is 1. The number of aliphatic hydroxyl groups excluding tert-OH is 1. The molecule has 1 heterocycles. The summed E-state index contributed by atoms with van der Waals surface area (Å²) in [6.07, 6.45) is 1.30. The van der Waals surface area contributed by atoms with Gasteiger partial charge in [-0.15, -0.1) is 0 Å². The second-order valence-corrected chi connectivity index (χ2v) is 2.72. The van der Waals surface area contributed by atoms with E-state index < -0.39 is 12.3 Å². The number of carbonyl (C=O) groups is 1. The van der Waals surface area contributed by atoms with Gasteiger partial charge in [-0.3, -0.25) is 4.79 Å². The van der Waals surface area contributed by atoms with E-state index in [1.54, 1.807) is 0 Å². The van der Waals surface area contributed by atoms with E-state index in [9.17, 15) is 4.79 Å². The van der Waals surface area contributed by atoms with Crippen LogP contribution in [0.2, 0.25) is 0 Å². The van der Waals surface area contributed by atoms with Crippen molar-refractivity contribution in [2.24, 2.45) is 0 Å². The highest BCUT2D eigenvalue weighted by Gasteiger charge is 2.23. The summed E-state index contributed by atoms with van der Waals surface area (Å²) in [7, 11) is 0. The van der Waals surface area contributed by atoms with Crippen LogP contribution in [-0.4, -0.2) is 28.6 Å². The van der Waals surface area contributed by atoms with Crippen molar-refractivity contribution >= 4 is 5.97 Å². The third kappa shape index (κ3) is 2.86. The van der Waals surface area contributed by atoms with Gasteiger partial charge in [-0.05, 0) is 12.8 Å². The smallest absolute Gasteiger partial charge is 0.303 e. The lowest BCUT2D eigenvalue weighted by molar-refractivity contribution is -0.139. The highest BCUT2D eigenvalue weighted by atomic mass is 16.6. The zero-order chi connectivity index (χ0) is 8.27. The molecule has 0 aromatic carbocycles. The van der Waals surface area contributed by atoms with Crippen LogP contribution in [0.15, 0.2) is 0 Å². The summed E-state index contributed by atoms with van der Waals surface area (Å²) in [6.45, 7) is 0. The molecule has 0 bridgehead atoms. The normalized spacial score (nSPS) is 30.6. The Kier molecular flexibility index (Phi) is 2.84. The molecule has 1 aliphatic rings. The molecule has 1 saturated heterocycles. The molecule has 0 aromatic rings. The fraction of sp³-hybridized carbons (Fsp3) is 0.857. The topological polar surface area (TPSA) is 66.8 Å². The van der Waals surface area contributed by atoms with Gasteiger partial charge < -0.3 is 14.9 Å². The Morgan fingerprint density at radius 1 is 1.55 bits per heavy atom. The van der Waals surface area contributed by atoms with Gasteiger partial charge in [0.1, 0.15) is 0 Å². The van der Waals surface area contributed by atoms with Gasteiger partial charge in [0.05, 0.1) is 6.10 Å². The molecule has 0 saturated carbocycles. The summed E-state index contributed by atoms with van der Waals surface area (Å²) in [4.78, 5) is 10.1. The maximum atomic E-state index is 10.1. The minimum absolute atomic E-state index is 0.0545. The Morgan fingerprint density at radius 2 is 2.27 bits per heavy atom. The molecule has 1 aliphatic heterocycles. The fourth-order valence-electron chi connectivity index (χ4n) is 1.18. The molecule has 0 radical (unpaired) electrons. The number of aliphatic carboxylic acids is 1. The van der Waals surface area contributed by atoms with E-state index in [1.807, 2.05) is 0 Å². The van der Waals surface area contributed by atoms with Crippen LogP contribution in [0.1, 0.15) is 25.7 Å². The zero-order valence-electron chi connectivity index (χ0n) is 6.19. The third-order valence-electron chi connectivity index (χ3n) is 1.77. The molecule has 1 fully saturated rings. The fourth-order valence-corrected chi connectivity index (χ4v) is 1.18. The number of carboxylic acid groups (broad SMARTS) is 1. The molecular formula is C7H12O4. The molecule has 0 spiro atoms. The largest absolute Gasteiger partial charge is 0.481 e. The summed E-state index contributed by atoms with van der Waals surface area (Å²) < 4.78 is 5.00. The third-order valence-corrected chi connectivity index (χ3v) is 1.77. The van der Waals surface area contributed by atoms with Gasteiger partial charge in [0.15, 0.2) is 6.29 Å². The molecule has 2 atom stereocenters.